The zero-order valence-electron chi connectivity index (χ0n) is 14.6. The van der Waals surface area contributed by atoms with E-state index in [2.05, 4.69) is 10.1 Å². The van der Waals surface area contributed by atoms with E-state index in [1.165, 1.54) is 9.71 Å². The molecule has 0 saturated carbocycles. The van der Waals surface area contributed by atoms with Crippen LogP contribution in [0.4, 0.5) is 0 Å². The van der Waals surface area contributed by atoms with Crippen molar-refractivity contribution in [3.05, 3.63) is 88.9 Å². The highest BCUT2D eigenvalue weighted by atomic mass is 32.2. The first-order valence-electron chi connectivity index (χ1n) is 8.70. The van der Waals surface area contributed by atoms with E-state index >= 15 is 0 Å². The third-order valence-corrected chi connectivity index (χ3v) is 5.98. The Kier molecular flexibility index (Phi) is 4.87. The van der Waals surface area contributed by atoms with Gasteiger partial charge in [-0.3, -0.25) is 0 Å². The minimum atomic E-state index is -3.44. The molecule has 0 bridgehead atoms. The molecule has 1 saturated heterocycles. The second-order valence-corrected chi connectivity index (χ2v) is 8.30. The van der Waals surface area contributed by atoms with Crippen molar-refractivity contribution >= 4 is 16.1 Å². The third kappa shape index (κ3) is 4.15. The molecule has 1 fully saturated rings. The molecular formula is C20H19N3O3S. The molecule has 1 aromatic heterocycles. The summed E-state index contributed by atoms with van der Waals surface area (Å²) in [5.41, 5.74) is 1.95. The van der Waals surface area contributed by atoms with Gasteiger partial charge in [-0.1, -0.05) is 65.8 Å². The molecule has 2 heterocycles. The predicted octanol–water partition coefficient (Wildman–Crippen LogP) is 3.06. The molecule has 0 radical (unpaired) electrons. The molecule has 0 spiro atoms. The van der Waals surface area contributed by atoms with Gasteiger partial charge in [-0.05, 0) is 17.2 Å². The average Bonchev–Trinajstić information content (AvgIpc) is 3.08. The fourth-order valence-corrected chi connectivity index (χ4v) is 4.18. The van der Waals surface area contributed by atoms with E-state index in [-0.39, 0.29) is 5.92 Å². The fourth-order valence-electron chi connectivity index (χ4n) is 2.90. The minimum Gasteiger partial charge on any atom is -0.339 e. The van der Waals surface area contributed by atoms with E-state index in [9.17, 15) is 8.42 Å². The van der Waals surface area contributed by atoms with Crippen molar-refractivity contribution in [1.29, 1.82) is 0 Å². The molecule has 0 aliphatic carbocycles. The van der Waals surface area contributed by atoms with Gasteiger partial charge >= 0.3 is 0 Å². The van der Waals surface area contributed by atoms with Crippen molar-refractivity contribution < 1.29 is 12.9 Å². The first-order chi connectivity index (χ1) is 13.1. The molecule has 7 heteroatoms. The Hall–Kier alpha value is -2.77. The number of hydrogen-bond donors (Lipinski definition) is 0. The Bertz CT molecular complexity index is 1020. The van der Waals surface area contributed by atoms with Crippen LogP contribution in [0.5, 0.6) is 0 Å². The Morgan fingerprint density at radius 2 is 1.70 bits per heavy atom. The Labute approximate surface area is 158 Å². The summed E-state index contributed by atoms with van der Waals surface area (Å²) in [6.45, 7) is 0.711. The van der Waals surface area contributed by atoms with Crippen molar-refractivity contribution in [2.45, 2.75) is 12.3 Å². The van der Waals surface area contributed by atoms with Crippen LogP contribution in [-0.2, 0) is 16.4 Å². The maximum atomic E-state index is 12.4. The van der Waals surface area contributed by atoms with Crippen molar-refractivity contribution in [3.63, 3.8) is 0 Å². The molecule has 0 unspecified atom stereocenters. The lowest BCUT2D eigenvalue weighted by molar-refractivity contribution is 0.218. The smallest absolute Gasteiger partial charge is 0.236 e. The van der Waals surface area contributed by atoms with E-state index in [4.69, 9.17) is 4.52 Å². The van der Waals surface area contributed by atoms with E-state index in [0.717, 1.165) is 11.1 Å². The maximum Gasteiger partial charge on any atom is 0.236 e. The number of aromatic nitrogens is 2. The van der Waals surface area contributed by atoms with Gasteiger partial charge in [0.1, 0.15) is 0 Å². The van der Waals surface area contributed by atoms with Crippen molar-refractivity contribution in [2.75, 3.05) is 13.1 Å². The van der Waals surface area contributed by atoms with Crippen molar-refractivity contribution in [1.82, 2.24) is 14.4 Å². The summed E-state index contributed by atoms with van der Waals surface area (Å²) in [6.07, 6.45) is 2.20. The van der Waals surface area contributed by atoms with Crippen LogP contribution >= 0.6 is 0 Å². The quantitative estimate of drug-likeness (QED) is 0.656. The molecule has 3 aromatic rings. The summed E-state index contributed by atoms with van der Waals surface area (Å²) in [5.74, 6) is 1.06. The molecule has 1 aliphatic rings. The van der Waals surface area contributed by atoms with Crippen LogP contribution in [0.25, 0.3) is 6.08 Å². The van der Waals surface area contributed by atoms with Crippen LogP contribution in [0.3, 0.4) is 0 Å². The number of sulfonamides is 1. The van der Waals surface area contributed by atoms with Crippen molar-refractivity contribution in [3.8, 4) is 0 Å². The van der Waals surface area contributed by atoms with Crippen LogP contribution in [0.15, 0.2) is 70.6 Å². The second-order valence-electron chi connectivity index (χ2n) is 6.48. The lowest BCUT2D eigenvalue weighted by Crippen LogP contribution is -2.47. The van der Waals surface area contributed by atoms with Gasteiger partial charge in [-0.15, -0.1) is 0 Å². The molecular weight excluding hydrogens is 362 g/mol. The summed E-state index contributed by atoms with van der Waals surface area (Å²) in [5, 5.41) is 5.25. The van der Waals surface area contributed by atoms with Gasteiger partial charge in [0.15, 0.2) is 5.82 Å². The van der Waals surface area contributed by atoms with E-state index in [0.29, 0.717) is 31.2 Å². The molecule has 4 rings (SSSR count). The molecule has 1 aliphatic heterocycles. The van der Waals surface area contributed by atoms with E-state index < -0.39 is 10.0 Å². The van der Waals surface area contributed by atoms with Gasteiger partial charge in [-0.2, -0.15) is 9.29 Å². The standard InChI is InChI=1S/C20H19N3O3S/c24-27(25,12-11-16-7-3-1-4-8-16)23-14-18(15-23)20-21-19(22-26-20)13-17-9-5-2-6-10-17/h1-12,18H,13-15H2. The summed E-state index contributed by atoms with van der Waals surface area (Å²) < 4.78 is 31.5. The second kappa shape index (κ2) is 7.46. The topological polar surface area (TPSA) is 76.3 Å². The summed E-state index contributed by atoms with van der Waals surface area (Å²) in [6, 6.07) is 19.3. The van der Waals surface area contributed by atoms with E-state index in [1.807, 2.05) is 60.7 Å². The maximum absolute atomic E-state index is 12.4. The SMILES string of the molecule is O=S(=O)(C=Cc1ccccc1)N1CC(c2nc(Cc3ccccc3)no2)C1. The largest absolute Gasteiger partial charge is 0.339 e. The lowest BCUT2D eigenvalue weighted by Gasteiger charge is -2.34. The number of nitrogens with zero attached hydrogens (tertiary/aromatic N) is 3. The van der Waals surface area contributed by atoms with Crippen LogP contribution < -0.4 is 0 Å². The summed E-state index contributed by atoms with van der Waals surface area (Å²) in [4.78, 5) is 4.42. The predicted molar refractivity (Wildman–Crippen MR) is 102 cm³/mol. The van der Waals surface area contributed by atoms with E-state index in [1.54, 1.807) is 6.08 Å². The average molecular weight is 381 g/mol. The molecule has 0 atom stereocenters. The summed E-state index contributed by atoms with van der Waals surface area (Å²) in [7, 11) is -3.44. The van der Waals surface area contributed by atoms with Gasteiger partial charge < -0.3 is 4.52 Å². The number of rotatable bonds is 6. The molecule has 0 amide bonds. The van der Waals surface area contributed by atoms with Gasteiger partial charge in [0.25, 0.3) is 0 Å². The highest BCUT2D eigenvalue weighted by molar-refractivity contribution is 7.92. The molecule has 0 N–H and O–H groups in total. The number of benzene rings is 2. The van der Waals surface area contributed by atoms with Gasteiger partial charge in [0, 0.05) is 24.9 Å². The minimum absolute atomic E-state index is 0.0538. The number of hydrogen-bond acceptors (Lipinski definition) is 5. The third-order valence-electron chi connectivity index (χ3n) is 4.48. The molecule has 2 aromatic carbocycles. The monoisotopic (exact) mass is 381 g/mol. The van der Waals surface area contributed by atoms with Gasteiger partial charge in [-0.25, -0.2) is 8.42 Å². The zero-order valence-corrected chi connectivity index (χ0v) is 15.4. The zero-order chi connectivity index (χ0) is 18.7. The highest BCUT2D eigenvalue weighted by Gasteiger charge is 2.38. The lowest BCUT2D eigenvalue weighted by atomic mass is 10.0. The first kappa shape index (κ1) is 17.6. The Morgan fingerprint density at radius 3 is 2.41 bits per heavy atom. The molecule has 27 heavy (non-hydrogen) atoms. The Balaban J connectivity index is 1.36. The normalized spacial score (nSPS) is 15.9. The van der Waals surface area contributed by atoms with Crippen LogP contribution in [0.1, 0.15) is 28.8 Å². The molecule has 6 nitrogen and oxygen atoms in total. The van der Waals surface area contributed by atoms with Gasteiger partial charge in [0.2, 0.25) is 15.9 Å². The van der Waals surface area contributed by atoms with Crippen LogP contribution in [0.2, 0.25) is 0 Å². The van der Waals surface area contributed by atoms with Crippen LogP contribution in [-0.4, -0.2) is 36.0 Å². The van der Waals surface area contributed by atoms with Gasteiger partial charge in [0.05, 0.1) is 5.92 Å². The first-order valence-corrected chi connectivity index (χ1v) is 10.2. The molecule has 138 valence electrons. The van der Waals surface area contributed by atoms with Crippen LogP contribution in [0, 0.1) is 0 Å². The fraction of sp³-hybridized carbons (Fsp3) is 0.200. The van der Waals surface area contributed by atoms with Crippen molar-refractivity contribution in [2.24, 2.45) is 0 Å². The highest BCUT2D eigenvalue weighted by Crippen LogP contribution is 2.29. The Morgan fingerprint density at radius 1 is 1.04 bits per heavy atom. The summed E-state index contributed by atoms with van der Waals surface area (Å²) >= 11 is 0.